The smallest absolute Gasteiger partial charge is 0.256 e. The van der Waals surface area contributed by atoms with Gasteiger partial charge in [0.15, 0.2) is 11.5 Å². The topological polar surface area (TPSA) is 69.7 Å². The summed E-state index contributed by atoms with van der Waals surface area (Å²) < 4.78 is 19.8. The Hall–Kier alpha value is -2.28. The van der Waals surface area contributed by atoms with Crippen LogP contribution < -0.4 is 19.5 Å². The number of benzene rings is 1. The number of carbonyl (C=O) groups is 1. The Balaban J connectivity index is 2.32. The summed E-state index contributed by atoms with van der Waals surface area (Å²) in [5, 5.41) is 3.47. The highest BCUT2D eigenvalue weighted by Crippen LogP contribution is 2.38. The number of hydrogen-bond donors (Lipinski definition) is 1. The average molecular weight is 308 g/mol. The molecule has 0 spiro atoms. The molecule has 1 N–H and O–H groups in total. The molecule has 6 nitrogen and oxygen atoms in total. The second-order valence-corrected chi connectivity index (χ2v) is 5.01. The molecule has 112 valence electrons. The number of methoxy groups -OCH3 is 3. The van der Waals surface area contributed by atoms with Crippen LogP contribution in [0.4, 0.5) is 5.00 Å². The fourth-order valence-corrected chi connectivity index (χ4v) is 2.48. The largest absolute Gasteiger partial charge is 0.493 e. The van der Waals surface area contributed by atoms with E-state index in [0.717, 1.165) is 5.69 Å². The minimum absolute atomic E-state index is 0.266. The Morgan fingerprint density at radius 2 is 1.71 bits per heavy atom. The zero-order valence-corrected chi connectivity index (χ0v) is 13.0. The first kappa shape index (κ1) is 15.1. The maximum atomic E-state index is 12.3. The summed E-state index contributed by atoms with van der Waals surface area (Å²) >= 11 is 1.23. The molecule has 2 rings (SSSR count). The minimum Gasteiger partial charge on any atom is -0.493 e. The lowest BCUT2D eigenvalue weighted by Crippen LogP contribution is -2.11. The molecule has 0 aliphatic heterocycles. The molecule has 0 saturated carbocycles. The van der Waals surface area contributed by atoms with E-state index in [0.29, 0.717) is 27.8 Å². The quantitative estimate of drug-likeness (QED) is 0.919. The highest BCUT2D eigenvalue weighted by Gasteiger charge is 2.17. The number of nitrogens with zero attached hydrogens (tertiary/aromatic N) is 1. The van der Waals surface area contributed by atoms with Crippen molar-refractivity contribution < 1.29 is 19.0 Å². The maximum absolute atomic E-state index is 12.3. The first-order chi connectivity index (χ1) is 10.1. The number of amides is 1. The standard InChI is InChI=1S/C14H16N2O4S/c1-8-5-12(21-16-8)15-14(17)9-6-10(18-2)13(20-4)11(7-9)19-3/h5-7H,1-4H3,(H,15,17). The van der Waals surface area contributed by atoms with Gasteiger partial charge in [0.1, 0.15) is 5.00 Å². The van der Waals surface area contributed by atoms with Crippen LogP contribution in [0.1, 0.15) is 16.1 Å². The number of ether oxygens (including phenoxy) is 3. The van der Waals surface area contributed by atoms with Crippen molar-refractivity contribution in [3.8, 4) is 17.2 Å². The number of hydrogen-bond acceptors (Lipinski definition) is 6. The molecule has 1 amide bonds. The molecule has 0 bridgehead atoms. The third kappa shape index (κ3) is 3.25. The summed E-state index contributed by atoms with van der Waals surface area (Å²) in [6, 6.07) is 5.01. The van der Waals surface area contributed by atoms with Crippen molar-refractivity contribution in [3.05, 3.63) is 29.5 Å². The number of aromatic nitrogens is 1. The fourth-order valence-electron chi connectivity index (χ4n) is 1.82. The second-order valence-electron chi connectivity index (χ2n) is 4.20. The SMILES string of the molecule is COc1cc(C(=O)Nc2cc(C)ns2)cc(OC)c1OC. The summed E-state index contributed by atoms with van der Waals surface area (Å²) in [5.41, 5.74) is 1.27. The van der Waals surface area contributed by atoms with Crippen molar-refractivity contribution in [3.63, 3.8) is 0 Å². The van der Waals surface area contributed by atoms with Gasteiger partial charge in [-0.15, -0.1) is 0 Å². The molecular weight excluding hydrogens is 292 g/mol. The summed E-state index contributed by atoms with van der Waals surface area (Å²) in [4.78, 5) is 12.3. The van der Waals surface area contributed by atoms with Gasteiger partial charge in [0.25, 0.3) is 5.91 Å². The molecule has 0 aliphatic rings. The molecule has 1 heterocycles. The number of aryl methyl sites for hydroxylation is 1. The minimum atomic E-state index is -0.266. The van der Waals surface area contributed by atoms with Crippen LogP contribution in [0.3, 0.4) is 0 Å². The lowest BCUT2D eigenvalue weighted by Gasteiger charge is -2.13. The summed E-state index contributed by atoms with van der Waals surface area (Å²) in [7, 11) is 4.53. The summed E-state index contributed by atoms with van der Waals surface area (Å²) in [5.74, 6) is 1.05. The lowest BCUT2D eigenvalue weighted by molar-refractivity contribution is 0.102. The van der Waals surface area contributed by atoms with Gasteiger partial charge < -0.3 is 19.5 Å². The predicted molar refractivity (Wildman–Crippen MR) is 80.9 cm³/mol. The molecule has 7 heteroatoms. The molecule has 21 heavy (non-hydrogen) atoms. The van der Waals surface area contributed by atoms with E-state index < -0.39 is 0 Å². The summed E-state index contributed by atoms with van der Waals surface area (Å²) in [6.45, 7) is 1.87. The Morgan fingerprint density at radius 1 is 1.10 bits per heavy atom. The van der Waals surface area contributed by atoms with E-state index in [9.17, 15) is 4.79 Å². The van der Waals surface area contributed by atoms with Crippen LogP contribution in [-0.2, 0) is 0 Å². The van der Waals surface area contributed by atoms with Crippen molar-refractivity contribution in [1.82, 2.24) is 4.37 Å². The Morgan fingerprint density at radius 3 is 2.14 bits per heavy atom. The number of rotatable bonds is 5. The normalized spacial score (nSPS) is 10.1. The number of nitrogens with one attached hydrogen (secondary N) is 1. The van der Waals surface area contributed by atoms with Gasteiger partial charge in [-0.25, -0.2) is 0 Å². The molecule has 0 radical (unpaired) electrons. The van der Waals surface area contributed by atoms with Crippen LogP contribution in [0.2, 0.25) is 0 Å². The Bertz CT molecular complexity index is 629. The first-order valence-electron chi connectivity index (χ1n) is 6.13. The number of anilines is 1. The zero-order chi connectivity index (χ0) is 15.4. The van der Waals surface area contributed by atoms with Crippen LogP contribution in [0.5, 0.6) is 17.2 Å². The van der Waals surface area contributed by atoms with Crippen LogP contribution in [0.15, 0.2) is 18.2 Å². The lowest BCUT2D eigenvalue weighted by atomic mass is 10.1. The molecule has 0 fully saturated rings. The van der Waals surface area contributed by atoms with Gasteiger partial charge in [0.05, 0.1) is 27.0 Å². The van der Waals surface area contributed by atoms with Crippen LogP contribution >= 0.6 is 11.5 Å². The first-order valence-corrected chi connectivity index (χ1v) is 6.91. The van der Waals surface area contributed by atoms with Gasteiger partial charge in [0.2, 0.25) is 5.75 Å². The van der Waals surface area contributed by atoms with Crippen molar-refractivity contribution in [1.29, 1.82) is 0 Å². The van der Waals surface area contributed by atoms with Gasteiger partial charge in [-0.1, -0.05) is 0 Å². The molecule has 1 aromatic carbocycles. The second kappa shape index (κ2) is 6.45. The van der Waals surface area contributed by atoms with E-state index in [1.54, 1.807) is 18.2 Å². The average Bonchev–Trinajstić information content (AvgIpc) is 2.90. The van der Waals surface area contributed by atoms with Crippen molar-refractivity contribution in [2.24, 2.45) is 0 Å². The third-order valence-corrected chi connectivity index (χ3v) is 3.59. The Labute approximate surface area is 126 Å². The van der Waals surface area contributed by atoms with E-state index in [1.165, 1.54) is 32.9 Å². The molecule has 0 aliphatic carbocycles. The van der Waals surface area contributed by atoms with Gasteiger partial charge in [0, 0.05) is 5.56 Å². The van der Waals surface area contributed by atoms with Gasteiger partial charge >= 0.3 is 0 Å². The molecule has 1 aromatic heterocycles. The van der Waals surface area contributed by atoms with Gasteiger partial charge in [-0.3, -0.25) is 4.79 Å². The molecule has 0 atom stereocenters. The van der Waals surface area contributed by atoms with E-state index in [2.05, 4.69) is 9.69 Å². The van der Waals surface area contributed by atoms with E-state index in [1.807, 2.05) is 6.92 Å². The van der Waals surface area contributed by atoms with Crippen LogP contribution in [0, 0.1) is 6.92 Å². The predicted octanol–water partition coefficient (Wildman–Crippen LogP) is 2.73. The van der Waals surface area contributed by atoms with Crippen molar-refractivity contribution in [2.75, 3.05) is 26.6 Å². The molecule has 0 saturated heterocycles. The van der Waals surface area contributed by atoms with Crippen molar-refractivity contribution >= 4 is 22.4 Å². The molecule has 0 unspecified atom stereocenters. The highest BCUT2D eigenvalue weighted by molar-refractivity contribution is 7.10. The van der Waals surface area contributed by atoms with Gasteiger partial charge in [-0.05, 0) is 36.7 Å². The van der Waals surface area contributed by atoms with Crippen molar-refractivity contribution in [2.45, 2.75) is 6.92 Å². The van der Waals surface area contributed by atoms with E-state index in [-0.39, 0.29) is 5.91 Å². The van der Waals surface area contributed by atoms with Crippen LogP contribution in [0.25, 0.3) is 0 Å². The molecular formula is C14H16N2O4S. The van der Waals surface area contributed by atoms with Crippen LogP contribution in [-0.4, -0.2) is 31.6 Å². The van der Waals surface area contributed by atoms with E-state index >= 15 is 0 Å². The maximum Gasteiger partial charge on any atom is 0.256 e. The van der Waals surface area contributed by atoms with E-state index in [4.69, 9.17) is 14.2 Å². The zero-order valence-electron chi connectivity index (χ0n) is 12.2. The monoisotopic (exact) mass is 308 g/mol. The molecule has 2 aromatic rings. The summed E-state index contributed by atoms with van der Waals surface area (Å²) in [6.07, 6.45) is 0. The van der Waals surface area contributed by atoms with Gasteiger partial charge in [-0.2, -0.15) is 4.37 Å². The fraction of sp³-hybridized carbons (Fsp3) is 0.286. The third-order valence-electron chi connectivity index (χ3n) is 2.79. The number of carbonyl (C=O) groups excluding carboxylic acids is 1. The Kier molecular flexibility index (Phi) is 4.64. The highest BCUT2D eigenvalue weighted by atomic mass is 32.1.